The molecule has 0 radical (unpaired) electrons. The summed E-state index contributed by atoms with van der Waals surface area (Å²) in [5, 5.41) is 0. The molecular formula is C25H28BNO2. The van der Waals surface area contributed by atoms with Gasteiger partial charge in [0, 0.05) is 16.8 Å². The van der Waals surface area contributed by atoms with Crippen LogP contribution in [0.3, 0.4) is 0 Å². The first-order chi connectivity index (χ1) is 13.7. The summed E-state index contributed by atoms with van der Waals surface area (Å²) in [6.07, 6.45) is 8.95. The van der Waals surface area contributed by atoms with Crippen LogP contribution in [0.5, 0.6) is 0 Å². The first-order valence-electron chi connectivity index (χ1n) is 10.4. The Morgan fingerprint density at radius 2 is 1.55 bits per heavy atom. The summed E-state index contributed by atoms with van der Waals surface area (Å²) < 4.78 is 12.6. The summed E-state index contributed by atoms with van der Waals surface area (Å²) in [4.78, 5) is 2.45. The smallest absolute Gasteiger partial charge is 0.399 e. The lowest BCUT2D eigenvalue weighted by Gasteiger charge is -2.34. The van der Waals surface area contributed by atoms with E-state index in [9.17, 15) is 0 Å². The number of fused-ring (bicyclic) bond motifs is 3. The van der Waals surface area contributed by atoms with Gasteiger partial charge in [0.1, 0.15) is 0 Å². The zero-order chi connectivity index (χ0) is 20.4. The molecule has 0 saturated carbocycles. The molecule has 2 aromatic carbocycles. The zero-order valence-electron chi connectivity index (χ0n) is 17.8. The summed E-state index contributed by atoms with van der Waals surface area (Å²) in [5.74, 6) is 0. The standard InChI is InChI=1S/C25H28BNO2/c1-23(2)24(3,4)29-26(28-23)18-14-15-21-20(17-18)25(5)16-10-9-13-22(25)27(21)19-11-7-6-8-12-19/h6-17,22H,1-5H3. The maximum absolute atomic E-state index is 6.32. The predicted octanol–water partition coefficient (Wildman–Crippen LogP) is 4.89. The number of hydrogen-bond donors (Lipinski definition) is 0. The first-order valence-corrected chi connectivity index (χ1v) is 10.4. The number of nitrogens with zero attached hydrogens (tertiary/aromatic N) is 1. The topological polar surface area (TPSA) is 21.7 Å². The van der Waals surface area contributed by atoms with Gasteiger partial charge in [-0.3, -0.25) is 0 Å². The van der Waals surface area contributed by atoms with Crippen molar-refractivity contribution in [2.75, 3.05) is 4.90 Å². The molecule has 2 heterocycles. The summed E-state index contributed by atoms with van der Waals surface area (Å²) in [6.45, 7) is 10.7. The molecular weight excluding hydrogens is 357 g/mol. The number of para-hydroxylation sites is 1. The van der Waals surface area contributed by atoms with Crippen LogP contribution >= 0.6 is 0 Å². The second kappa shape index (κ2) is 6.10. The van der Waals surface area contributed by atoms with Gasteiger partial charge in [-0.25, -0.2) is 0 Å². The van der Waals surface area contributed by atoms with Crippen LogP contribution in [0.2, 0.25) is 0 Å². The Hall–Kier alpha value is -2.30. The van der Waals surface area contributed by atoms with Gasteiger partial charge in [-0.05, 0) is 63.8 Å². The highest BCUT2D eigenvalue weighted by atomic mass is 16.7. The Labute approximate surface area is 174 Å². The van der Waals surface area contributed by atoms with Gasteiger partial charge in [0.25, 0.3) is 0 Å². The fourth-order valence-electron chi connectivity index (χ4n) is 4.69. The van der Waals surface area contributed by atoms with E-state index in [1.54, 1.807) is 0 Å². The van der Waals surface area contributed by atoms with Crippen LogP contribution in [0.1, 0.15) is 40.2 Å². The molecule has 2 aliphatic heterocycles. The van der Waals surface area contributed by atoms with Crippen LogP contribution in [-0.4, -0.2) is 24.4 Å². The molecule has 1 fully saturated rings. The molecule has 0 amide bonds. The minimum Gasteiger partial charge on any atom is -0.399 e. The summed E-state index contributed by atoms with van der Waals surface area (Å²) in [6, 6.07) is 17.6. The molecule has 0 aromatic heterocycles. The molecule has 29 heavy (non-hydrogen) atoms. The van der Waals surface area contributed by atoms with E-state index in [1.807, 2.05) is 0 Å². The largest absolute Gasteiger partial charge is 0.494 e. The van der Waals surface area contributed by atoms with E-state index < -0.39 is 0 Å². The average Bonchev–Trinajstić information content (AvgIpc) is 3.08. The Kier molecular flexibility index (Phi) is 3.94. The number of hydrogen-bond acceptors (Lipinski definition) is 3. The van der Waals surface area contributed by atoms with Crippen LogP contribution in [0.15, 0.2) is 72.8 Å². The van der Waals surface area contributed by atoms with E-state index in [4.69, 9.17) is 9.31 Å². The molecule has 2 unspecified atom stereocenters. The van der Waals surface area contributed by atoms with Crippen LogP contribution in [0.25, 0.3) is 0 Å². The number of rotatable bonds is 2. The van der Waals surface area contributed by atoms with Gasteiger partial charge >= 0.3 is 7.12 Å². The van der Waals surface area contributed by atoms with Gasteiger partial charge in [-0.15, -0.1) is 0 Å². The maximum atomic E-state index is 6.32. The van der Waals surface area contributed by atoms with Crippen molar-refractivity contribution in [3.05, 3.63) is 78.4 Å². The maximum Gasteiger partial charge on any atom is 0.494 e. The van der Waals surface area contributed by atoms with Crippen LogP contribution < -0.4 is 10.4 Å². The quantitative estimate of drug-likeness (QED) is 0.687. The van der Waals surface area contributed by atoms with Crippen molar-refractivity contribution in [3.63, 3.8) is 0 Å². The highest BCUT2D eigenvalue weighted by Gasteiger charge is 2.53. The molecule has 0 N–H and O–H groups in total. The number of benzene rings is 2. The Morgan fingerprint density at radius 1 is 0.862 bits per heavy atom. The average molecular weight is 385 g/mol. The van der Waals surface area contributed by atoms with E-state index in [2.05, 4.69) is 112 Å². The molecule has 1 aliphatic carbocycles. The lowest BCUT2D eigenvalue weighted by Crippen LogP contribution is -2.41. The normalized spacial score (nSPS) is 28.5. The minimum atomic E-state index is -0.346. The third kappa shape index (κ3) is 2.66. The third-order valence-electron chi connectivity index (χ3n) is 7.16. The second-order valence-electron chi connectivity index (χ2n) is 9.54. The van der Waals surface area contributed by atoms with E-state index in [0.717, 1.165) is 5.46 Å². The zero-order valence-corrected chi connectivity index (χ0v) is 17.8. The lowest BCUT2D eigenvalue weighted by molar-refractivity contribution is 0.00578. The third-order valence-corrected chi connectivity index (χ3v) is 7.16. The van der Waals surface area contributed by atoms with Gasteiger partial charge in [-0.2, -0.15) is 0 Å². The van der Waals surface area contributed by atoms with Crippen molar-refractivity contribution in [2.45, 2.75) is 57.3 Å². The van der Waals surface area contributed by atoms with Gasteiger partial charge < -0.3 is 14.2 Å². The predicted molar refractivity (Wildman–Crippen MR) is 120 cm³/mol. The van der Waals surface area contributed by atoms with Crippen molar-refractivity contribution in [1.82, 2.24) is 0 Å². The molecule has 3 nitrogen and oxygen atoms in total. The van der Waals surface area contributed by atoms with Crippen molar-refractivity contribution < 1.29 is 9.31 Å². The van der Waals surface area contributed by atoms with Crippen molar-refractivity contribution in [1.29, 1.82) is 0 Å². The van der Waals surface area contributed by atoms with E-state index in [0.29, 0.717) is 0 Å². The molecule has 5 rings (SSSR count). The summed E-state index contributed by atoms with van der Waals surface area (Å²) >= 11 is 0. The summed E-state index contributed by atoms with van der Waals surface area (Å²) in [5.41, 5.74) is 4.09. The second-order valence-corrected chi connectivity index (χ2v) is 9.54. The lowest BCUT2D eigenvalue weighted by atomic mass is 9.72. The SMILES string of the molecule is CC12C=CC=CC1N(c1ccccc1)c1ccc(B3OC(C)(C)C(C)(C)O3)cc12. The molecule has 2 aromatic rings. The minimum absolute atomic E-state index is 0.0976. The van der Waals surface area contributed by atoms with E-state index in [-0.39, 0.29) is 29.8 Å². The monoisotopic (exact) mass is 385 g/mol. The highest BCUT2D eigenvalue weighted by molar-refractivity contribution is 6.62. The Morgan fingerprint density at radius 3 is 2.24 bits per heavy atom. The van der Waals surface area contributed by atoms with Gasteiger partial charge in [0.05, 0.1) is 17.2 Å². The molecule has 1 saturated heterocycles. The van der Waals surface area contributed by atoms with Crippen molar-refractivity contribution in [3.8, 4) is 0 Å². The highest BCUT2D eigenvalue weighted by Crippen LogP contribution is 2.51. The Bertz CT molecular complexity index is 995. The fourth-order valence-corrected chi connectivity index (χ4v) is 4.69. The van der Waals surface area contributed by atoms with E-state index in [1.165, 1.54) is 16.9 Å². The van der Waals surface area contributed by atoms with Gasteiger partial charge in [0.2, 0.25) is 0 Å². The van der Waals surface area contributed by atoms with Gasteiger partial charge in [0.15, 0.2) is 0 Å². The number of allylic oxidation sites excluding steroid dienone is 2. The van der Waals surface area contributed by atoms with E-state index >= 15 is 0 Å². The van der Waals surface area contributed by atoms with Gasteiger partial charge in [-0.1, -0.05) is 54.6 Å². The molecule has 0 bridgehead atoms. The Balaban J connectivity index is 1.61. The number of anilines is 2. The molecule has 0 spiro atoms. The van der Waals surface area contributed by atoms with Crippen molar-refractivity contribution in [2.24, 2.45) is 0 Å². The molecule has 4 heteroatoms. The van der Waals surface area contributed by atoms with Crippen LogP contribution in [0, 0.1) is 0 Å². The molecule has 2 atom stereocenters. The first kappa shape index (κ1) is 18.7. The van der Waals surface area contributed by atoms with Crippen LogP contribution in [-0.2, 0) is 14.7 Å². The van der Waals surface area contributed by atoms with Crippen molar-refractivity contribution >= 4 is 24.0 Å². The molecule has 148 valence electrons. The fraction of sp³-hybridized carbons (Fsp3) is 0.360. The molecule has 3 aliphatic rings. The summed E-state index contributed by atoms with van der Waals surface area (Å²) in [7, 11) is -0.346. The van der Waals surface area contributed by atoms with Crippen LogP contribution in [0.4, 0.5) is 11.4 Å².